The second-order valence-electron chi connectivity index (χ2n) is 9.40. The van der Waals surface area contributed by atoms with Gasteiger partial charge in [-0.05, 0) is 29.3 Å². The molecule has 0 spiro atoms. The summed E-state index contributed by atoms with van der Waals surface area (Å²) in [7, 11) is 1.73. The molecule has 0 radical (unpaired) electrons. The Balaban J connectivity index is 1.29. The molecule has 6 nitrogen and oxygen atoms in total. The first-order valence-electron chi connectivity index (χ1n) is 12.5. The first-order chi connectivity index (χ1) is 17.7. The Labute approximate surface area is 213 Å². The van der Waals surface area contributed by atoms with Crippen LogP contribution in [0.15, 0.2) is 102 Å². The second kappa shape index (κ2) is 11.0. The number of anilines is 1. The molecule has 1 saturated heterocycles. The van der Waals surface area contributed by atoms with Gasteiger partial charge in [0.25, 0.3) is 0 Å². The van der Waals surface area contributed by atoms with E-state index >= 15 is 0 Å². The lowest BCUT2D eigenvalue weighted by Gasteiger charge is -2.38. The lowest BCUT2D eigenvalue weighted by atomic mass is 9.89. The van der Waals surface area contributed by atoms with Crippen LogP contribution in [0.5, 0.6) is 5.75 Å². The fraction of sp³-hybridized carbons (Fsp3) is 0.300. The van der Waals surface area contributed by atoms with Crippen molar-refractivity contribution in [3.8, 4) is 5.75 Å². The molecule has 2 aromatic carbocycles. The Morgan fingerprint density at radius 3 is 2.47 bits per heavy atom. The van der Waals surface area contributed by atoms with Crippen LogP contribution in [0.25, 0.3) is 0 Å². The van der Waals surface area contributed by atoms with Gasteiger partial charge in [0.15, 0.2) is 5.76 Å². The van der Waals surface area contributed by atoms with E-state index in [9.17, 15) is 0 Å². The summed E-state index contributed by atoms with van der Waals surface area (Å²) >= 11 is 0. The number of hydrogen-bond acceptors (Lipinski definition) is 6. The van der Waals surface area contributed by atoms with Gasteiger partial charge in [0.2, 0.25) is 0 Å². The second-order valence-corrected chi connectivity index (χ2v) is 9.40. The van der Waals surface area contributed by atoms with E-state index in [1.54, 1.807) is 13.2 Å². The molecule has 1 fully saturated rings. The molecule has 0 atom stereocenters. The van der Waals surface area contributed by atoms with Gasteiger partial charge in [0.1, 0.15) is 18.2 Å². The lowest BCUT2D eigenvalue weighted by Crippen LogP contribution is -2.47. The number of nitrogens with one attached hydrogen (secondary N) is 1. The molecule has 0 unspecified atom stereocenters. The molecule has 0 aromatic heterocycles. The van der Waals surface area contributed by atoms with Crippen molar-refractivity contribution >= 4 is 11.4 Å². The van der Waals surface area contributed by atoms with Gasteiger partial charge in [-0.1, -0.05) is 61.2 Å². The van der Waals surface area contributed by atoms with Gasteiger partial charge in [-0.25, -0.2) is 0 Å². The van der Waals surface area contributed by atoms with Gasteiger partial charge in [-0.2, -0.15) is 0 Å². The van der Waals surface area contributed by atoms with Crippen molar-refractivity contribution < 1.29 is 9.47 Å². The van der Waals surface area contributed by atoms with Crippen LogP contribution in [0.2, 0.25) is 0 Å². The quantitative estimate of drug-likeness (QED) is 0.624. The average Bonchev–Trinajstić information content (AvgIpc) is 2.92. The smallest absolute Gasteiger partial charge is 0.151 e. The summed E-state index contributed by atoms with van der Waals surface area (Å²) in [6, 6.07) is 18.7. The summed E-state index contributed by atoms with van der Waals surface area (Å²) in [6.07, 6.45) is 5.96. The summed E-state index contributed by atoms with van der Waals surface area (Å²) in [5.41, 5.74) is 6.04. The normalized spacial score (nSPS) is 20.1. The highest BCUT2D eigenvalue weighted by Crippen LogP contribution is 2.32. The van der Waals surface area contributed by atoms with Gasteiger partial charge in [0.05, 0.1) is 12.8 Å². The fourth-order valence-corrected chi connectivity index (χ4v) is 5.18. The number of rotatable bonds is 7. The number of methoxy groups -OCH3 is 1. The third-order valence-corrected chi connectivity index (χ3v) is 6.99. The molecule has 36 heavy (non-hydrogen) atoms. The van der Waals surface area contributed by atoms with E-state index in [1.807, 2.05) is 24.3 Å². The van der Waals surface area contributed by atoms with Crippen molar-refractivity contribution in [1.29, 1.82) is 5.41 Å². The molecule has 6 heteroatoms. The largest absolute Gasteiger partial charge is 0.495 e. The maximum Gasteiger partial charge on any atom is 0.151 e. The third kappa shape index (κ3) is 5.15. The van der Waals surface area contributed by atoms with Crippen LogP contribution in [0.1, 0.15) is 5.56 Å². The minimum atomic E-state index is 0.467. The van der Waals surface area contributed by atoms with Gasteiger partial charge in [0, 0.05) is 57.0 Å². The maximum absolute atomic E-state index is 8.90. The minimum Gasteiger partial charge on any atom is -0.495 e. The highest BCUT2D eigenvalue weighted by molar-refractivity contribution is 6.14. The Hall–Kier alpha value is -3.61. The number of piperazine rings is 1. The summed E-state index contributed by atoms with van der Waals surface area (Å²) in [6.45, 7) is 10.6. The summed E-state index contributed by atoms with van der Waals surface area (Å²) in [5, 5.41) is 8.90. The molecule has 0 saturated carbocycles. The molecule has 3 aliphatic rings. The van der Waals surface area contributed by atoms with E-state index in [-0.39, 0.29) is 0 Å². The van der Waals surface area contributed by atoms with Gasteiger partial charge in [-0.3, -0.25) is 15.2 Å². The first kappa shape index (κ1) is 24.1. The fourth-order valence-electron chi connectivity index (χ4n) is 5.18. The molecule has 0 amide bonds. The zero-order chi connectivity index (χ0) is 24.9. The number of hydrogen-bond donors (Lipinski definition) is 1. The summed E-state index contributed by atoms with van der Waals surface area (Å²) in [4.78, 5) is 7.15. The predicted molar refractivity (Wildman–Crippen MR) is 146 cm³/mol. The Kier molecular flexibility index (Phi) is 7.35. The van der Waals surface area contributed by atoms with Crippen molar-refractivity contribution in [2.24, 2.45) is 0 Å². The summed E-state index contributed by atoms with van der Waals surface area (Å²) in [5.74, 6) is 1.62. The van der Waals surface area contributed by atoms with Crippen molar-refractivity contribution in [1.82, 2.24) is 9.80 Å². The Morgan fingerprint density at radius 1 is 0.972 bits per heavy atom. The monoisotopic (exact) mass is 482 g/mol. The molecule has 5 rings (SSSR count). The summed E-state index contributed by atoms with van der Waals surface area (Å²) < 4.78 is 11.7. The van der Waals surface area contributed by atoms with Gasteiger partial charge >= 0.3 is 0 Å². The standard InChI is InChI=1S/C30H34N4O2/c1-3-9-26-24(20-32-14-16-34(17-15-32)27-12-7-8-13-28(27)35-2)18-25-21-33(22-36-30(25)29(26)31)19-23-10-5-4-6-11-23/h3-13,18,31H,1,14-17,19-22H2,2H3/b26-9-,31-29?. The van der Waals surface area contributed by atoms with Gasteiger partial charge < -0.3 is 14.4 Å². The van der Waals surface area contributed by atoms with Crippen LogP contribution in [0, 0.1) is 5.41 Å². The van der Waals surface area contributed by atoms with Crippen LogP contribution in [-0.4, -0.2) is 68.6 Å². The first-order valence-corrected chi connectivity index (χ1v) is 12.5. The van der Waals surface area contributed by atoms with Gasteiger partial charge in [-0.15, -0.1) is 0 Å². The van der Waals surface area contributed by atoms with E-state index in [1.165, 1.54) is 5.56 Å². The van der Waals surface area contributed by atoms with Crippen molar-refractivity contribution in [2.45, 2.75) is 6.54 Å². The topological polar surface area (TPSA) is 52.0 Å². The molecule has 2 heterocycles. The van der Waals surface area contributed by atoms with Crippen LogP contribution >= 0.6 is 0 Å². The zero-order valence-corrected chi connectivity index (χ0v) is 21.0. The molecular weight excluding hydrogens is 448 g/mol. The average molecular weight is 483 g/mol. The predicted octanol–water partition coefficient (Wildman–Crippen LogP) is 4.63. The number of allylic oxidation sites excluding steroid dienone is 3. The van der Waals surface area contributed by atoms with Crippen molar-refractivity contribution in [3.05, 3.63) is 107 Å². The van der Waals surface area contributed by atoms with E-state index in [0.29, 0.717) is 18.2 Å². The minimum absolute atomic E-state index is 0.467. The highest BCUT2D eigenvalue weighted by atomic mass is 16.5. The Morgan fingerprint density at radius 2 is 1.72 bits per heavy atom. The number of benzene rings is 2. The van der Waals surface area contributed by atoms with Crippen LogP contribution in [-0.2, 0) is 11.3 Å². The SMILES string of the molecule is C=C/C=C1\C(=N)C2=C(C=C1CN1CCN(c3ccccc3OC)CC1)CN(Cc1ccccc1)CO2. The molecular formula is C30H34N4O2. The van der Waals surface area contributed by atoms with E-state index in [2.05, 4.69) is 63.8 Å². The molecule has 2 aliphatic heterocycles. The zero-order valence-electron chi connectivity index (χ0n) is 21.0. The highest BCUT2D eigenvalue weighted by Gasteiger charge is 2.30. The molecule has 0 bridgehead atoms. The van der Waals surface area contributed by atoms with Crippen LogP contribution in [0.4, 0.5) is 5.69 Å². The maximum atomic E-state index is 8.90. The molecule has 2 aromatic rings. The molecule has 1 aliphatic carbocycles. The number of nitrogens with zero attached hydrogens (tertiary/aromatic N) is 3. The van der Waals surface area contributed by atoms with Crippen LogP contribution in [0.3, 0.4) is 0 Å². The van der Waals surface area contributed by atoms with E-state index < -0.39 is 0 Å². The lowest BCUT2D eigenvalue weighted by molar-refractivity contribution is 0.0626. The third-order valence-electron chi connectivity index (χ3n) is 6.99. The van der Waals surface area contributed by atoms with Crippen molar-refractivity contribution in [3.63, 3.8) is 0 Å². The Bertz CT molecular complexity index is 1210. The molecule has 186 valence electrons. The number of ether oxygens (including phenoxy) is 2. The van der Waals surface area contributed by atoms with Crippen molar-refractivity contribution in [2.75, 3.05) is 58.0 Å². The van der Waals surface area contributed by atoms with E-state index in [4.69, 9.17) is 14.9 Å². The van der Waals surface area contributed by atoms with Crippen LogP contribution < -0.4 is 9.64 Å². The molecule has 1 N–H and O–H groups in total. The van der Waals surface area contributed by atoms with E-state index in [0.717, 1.165) is 74.0 Å². The number of para-hydroxylation sites is 2.